The van der Waals surface area contributed by atoms with Gasteiger partial charge in [0.2, 0.25) is 0 Å². The average molecular weight is 262 g/mol. The number of unbranched alkanes of at least 4 members (excludes halogenated alkanes) is 1. The van der Waals surface area contributed by atoms with Crippen LogP contribution in [0.1, 0.15) is 51.8 Å². The molecule has 0 spiro atoms. The molecule has 0 atom stereocenters. The maximum Gasteiger partial charge on any atom is 0.134 e. The smallest absolute Gasteiger partial charge is 0.134 e. The lowest BCUT2D eigenvalue weighted by Crippen LogP contribution is -2.28. The first kappa shape index (κ1) is 14.1. The average Bonchev–Trinajstić information content (AvgIpc) is 3.21. The van der Waals surface area contributed by atoms with Crippen molar-refractivity contribution in [2.75, 3.05) is 23.3 Å². The van der Waals surface area contributed by atoms with Gasteiger partial charge in [-0.15, -0.1) is 0 Å². The van der Waals surface area contributed by atoms with E-state index < -0.39 is 0 Å². The number of hydrogen-bond acceptors (Lipinski definition) is 4. The summed E-state index contributed by atoms with van der Waals surface area (Å²) in [5.41, 5.74) is 0. The maximum absolute atomic E-state index is 4.63. The lowest BCUT2D eigenvalue weighted by atomic mass is 10.3. The summed E-state index contributed by atoms with van der Waals surface area (Å²) in [4.78, 5) is 11.6. The van der Waals surface area contributed by atoms with Crippen molar-refractivity contribution in [3.8, 4) is 0 Å². The number of nitrogens with one attached hydrogen (secondary N) is 1. The molecule has 1 aromatic rings. The highest BCUT2D eigenvalue weighted by Gasteiger charge is 2.29. The van der Waals surface area contributed by atoms with Crippen LogP contribution >= 0.6 is 0 Å². The monoisotopic (exact) mass is 262 g/mol. The molecule has 1 aromatic heterocycles. The van der Waals surface area contributed by atoms with Crippen molar-refractivity contribution in [1.82, 2.24) is 9.97 Å². The molecule has 0 amide bonds. The lowest BCUT2D eigenvalue weighted by molar-refractivity contribution is 0.702. The molecule has 4 heteroatoms. The van der Waals surface area contributed by atoms with E-state index in [-0.39, 0.29) is 0 Å². The molecule has 0 radical (unpaired) electrons. The molecule has 106 valence electrons. The second-order valence-electron chi connectivity index (χ2n) is 5.36. The molecule has 1 saturated carbocycles. The number of aryl methyl sites for hydroxylation is 1. The Morgan fingerprint density at radius 3 is 2.68 bits per heavy atom. The minimum atomic E-state index is 0.708. The van der Waals surface area contributed by atoms with Crippen LogP contribution in [0, 0.1) is 6.92 Å². The van der Waals surface area contributed by atoms with Crippen LogP contribution in [0.2, 0.25) is 0 Å². The standard InChI is InChI=1S/C15H26N4/c1-4-6-10-19(13-7-8-13)15-11-14(16-9-5-2)17-12(3)18-15/h11,13H,4-10H2,1-3H3,(H,16,17,18). The molecule has 0 bridgehead atoms. The van der Waals surface area contributed by atoms with E-state index in [4.69, 9.17) is 0 Å². The van der Waals surface area contributed by atoms with Gasteiger partial charge >= 0.3 is 0 Å². The predicted molar refractivity (Wildman–Crippen MR) is 80.8 cm³/mol. The molecule has 4 nitrogen and oxygen atoms in total. The van der Waals surface area contributed by atoms with E-state index in [2.05, 4.69) is 40.1 Å². The van der Waals surface area contributed by atoms with Crippen LogP contribution in [0.3, 0.4) is 0 Å². The fraction of sp³-hybridized carbons (Fsp3) is 0.733. The van der Waals surface area contributed by atoms with Gasteiger partial charge in [-0.25, -0.2) is 9.97 Å². The maximum atomic E-state index is 4.63. The third-order valence-electron chi connectivity index (χ3n) is 3.42. The molecular formula is C15H26N4. The van der Waals surface area contributed by atoms with Gasteiger partial charge in [-0.2, -0.15) is 0 Å². The summed E-state index contributed by atoms with van der Waals surface area (Å²) in [5, 5.41) is 3.37. The van der Waals surface area contributed by atoms with Gasteiger partial charge in [-0.05, 0) is 32.6 Å². The van der Waals surface area contributed by atoms with E-state index in [1.54, 1.807) is 0 Å². The fourth-order valence-electron chi connectivity index (χ4n) is 2.24. The molecule has 1 fully saturated rings. The summed E-state index contributed by atoms with van der Waals surface area (Å²) in [7, 11) is 0. The Morgan fingerprint density at radius 1 is 1.26 bits per heavy atom. The van der Waals surface area contributed by atoms with E-state index >= 15 is 0 Å². The Kier molecular flexibility index (Phi) is 5.00. The van der Waals surface area contributed by atoms with Gasteiger partial charge in [-0.1, -0.05) is 20.3 Å². The van der Waals surface area contributed by atoms with Crippen molar-refractivity contribution in [3.05, 3.63) is 11.9 Å². The number of nitrogens with zero attached hydrogens (tertiary/aromatic N) is 3. The predicted octanol–water partition coefficient (Wildman–Crippen LogP) is 3.38. The normalized spacial score (nSPS) is 14.5. The van der Waals surface area contributed by atoms with E-state index in [1.807, 2.05) is 6.92 Å². The van der Waals surface area contributed by atoms with Crippen molar-refractivity contribution in [2.45, 2.75) is 58.9 Å². The Labute approximate surface area is 116 Å². The van der Waals surface area contributed by atoms with Crippen LogP contribution < -0.4 is 10.2 Å². The largest absolute Gasteiger partial charge is 0.370 e. The second kappa shape index (κ2) is 6.73. The highest BCUT2D eigenvalue weighted by atomic mass is 15.2. The number of aromatic nitrogens is 2. The van der Waals surface area contributed by atoms with Crippen LogP contribution in [-0.2, 0) is 0 Å². The summed E-state index contributed by atoms with van der Waals surface area (Å²) in [5.74, 6) is 2.92. The van der Waals surface area contributed by atoms with Crippen molar-refractivity contribution >= 4 is 11.6 Å². The molecule has 1 aliphatic carbocycles. The van der Waals surface area contributed by atoms with Crippen LogP contribution in [0.25, 0.3) is 0 Å². The van der Waals surface area contributed by atoms with Crippen LogP contribution in [0.4, 0.5) is 11.6 Å². The van der Waals surface area contributed by atoms with Gasteiger partial charge in [-0.3, -0.25) is 0 Å². The Bertz CT molecular complexity index is 401. The van der Waals surface area contributed by atoms with Crippen molar-refractivity contribution in [1.29, 1.82) is 0 Å². The summed E-state index contributed by atoms with van der Waals surface area (Å²) >= 11 is 0. The molecule has 1 heterocycles. The van der Waals surface area contributed by atoms with Gasteiger partial charge in [0.05, 0.1) is 0 Å². The molecule has 0 saturated heterocycles. The molecule has 0 aromatic carbocycles. The lowest BCUT2D eigenvalue weighted by Gasteiger charge is -2.24. The van der Waals surface area contributed by atoms with E-state index in [0.29, 0.717) is 6.04 Å². The topological polar surface area (TPSA) is 41.0 Å². The van der Waals surface area contributed by atoms with Crippen molar-refractivity contribution in [2.24, 2.45) is 0 Å². The first-order chi connectivity index (χ1) is 9.24. The van der Waals surface area contributed by atoms with Crippen LogP contribution in [0.15, 0.2) is 6.07 Å². The number of rotatable bonds is 8. The minimum Gasteiger partial charge on any atom is -0.370 e. The summed E-state index contributed by atoms with van der Waals surface area (Å²) in [6.45, 7) is 8.47. The first-order valence-electron chi connectivity index (χ1n) is 7.60. The third-order valence-corrected chi connectivity index (χ3v) is 3.42. The van der Waals surface area contributed by atoms with Crippen LogP contribution in [-0.4, -0.2) is 29.1 Å². The van der Waals surface area contributed by atoms with E-state index in [0.717, 1.165) is 37.0 Å². The van der Waals surface area contributed by atoms with Crippen molar-refractivity contribution in [3.63, 3.8) is 0 Å². The first-order valence-corrected chi connectivity index (χ1v) is 7.60. The van der Waals surface area contributed by atoms with Gasteiger partial charge in [0, 0.05) is 25.2 Å². The quantitative estimate of drug-likeness (QED) is 0.780. The Morgan fingerprint density at radius 2 is 2.05 bits per heavy atom. The zero-order chi connectivity index (χ0) is 13.7. The zero-order valence-corrected chi connectivity index (χ0v) is 12.4. The molecule has 2 rings (SSSR count). The minimum absolute atomic E-state index is 0.708. The highest BCUT2D eigenvalue weighted by molar-refractivity contribution is 5.50. The van der Waals surface area contributed by atoms with Gasteiger partial charge in [0.25, 0.3) is 0 Å². The van der Waals surface area contributed by atoms with Crippen LogP contribution in [0.5, 0.6) is 0 Å². The molecule has 1 aliphatic rings. The molecule has 0 unspecified atom stereocenters. The Hall–Kier alpha value is -1.32. The number of anilines is 2. The van der Waals surface area contributed by atoms with E-state index in [9.17, 15) is 0 Å². The highest BCUT2D eigenvalue weighted by Crippen LogP contribution is 2.31. The Balaban J connectivity index is 2.13. The van der Waals surface area contributed by atoms with Gasteiger partial charge < -0.3 is 10.2 Å². The van der Waals surface area contributed by atoms with Gasteiger partial charge in [0.1, 0.15) is 17.5 Å². The molecule has 0 aliphatic heterocycles. The SMILES string of the molecule is CCCCN(c1cc(NCCC)nc(C)n1)C1CC1. The molecular weight excluding hydrogens is 236 g/mol. The second-order valence-corrected chi connectivity index (χ2v) is 5.36. The summed E-state index contributed by atoms with van der Waals surface area (Å²) < 4.78 is 0. The number of hydrogen-bond donors (Lipinski definition) is 1. The molecule has 19 heavy (non-hydrogen) atoms. The van der Waals surface area contributed by atoms with Crippen molar-refractivity contribution < 1.29 is 0 Å². The zero-order valence-electron chi connectivity index (χ0n) is 12.4. The summed E-state index contributed by atoms with van der Waals surface area (Å²) in [6, 6.07) is 2.82. The summed E-state index contributed by atoms with van der Waals surface area (Å²) in [6.07, 6.45) is 6.20. The molecule has 1 N–H and O–H groups in total. The van der Waals surface area contributed by atoms with E-state index in [1.165, 1.54) is 25.7 Å². The third kappa shape index (κ3) is 4.08. The van der Waals surface area contributed by atoms with Gasteiger partial charge in [0.15, 0.2) is 0 Å². The fourth-order valence-corrected chi connectivity index (χ4v) is 2.24.